The minimum absolute atomic E-state index is 0.0255. The SMILES string of the molecule is O=C(O)C1CCCCC1NC(=O)C1NCC2CCCC21. The van der Waals surface area contributed by atoms with E-state index in [1.54, 1.807) is 0 Å². The van der Waals surface area contributed by atoms with Gasteiger partial charge in [-0.2, -0.15) is 0 Å². The van der Waals surface area contributed by atoms with E-state index in [4.69, 9.17) is 0 Å². The molecule has 0 spiro atoms. The van der Waals surface area contributed by atoms with Crippen molar-refractivity contribution in [1.29, 1.82) is 0 Å². The first kappa shape index (κ1) is 13.9. The lowest BCUT2D eigenvalue weighted by Crippen LogP contribution is -2.51. The highest BCUT2D eigenvalue weighted by atomic mass is 16.4. The Morgan fingerprint density at radius 1 is 1.05 bits per heavy atom. The number of rotatable bonds is 3. The van der Waals surface area contributed by atoms with Gasteiger partial charge in [-0.05, 0) is 44.1 Å². The Morgan fingerprint density at radius 3 is 2.65 bits per heavy atom. The molecule has 2 aliphatic carbocycles. The van der Waals surface area contributed by atoms with Crippen LogP contribution in [0.4, 0.5) is 0 Å². The molecular formula is C15H24N2O3. The molecule has 0 aromatic carbocycles. The summed E-state index contributed by atoms with van der Waals surface area (Å²) in [6.45, 7) is 0.940. The Kier molecular flexibility index (Phi) is 3.96. The average molecular weight is 280 g/mol. The van der Waals surface area contributed by atoms with Crippen LogP contribution >= 0.6 is 0 Å². The highest BCUT2D eigenvalue weighted by molar-refractivity contribution is 5.83. The summed E-state index contributed by atoms with van der Waals surface area (Å²) < 4.78 is 0. The first-order valence-electron chi connectivity index (χ1n) is 7.93. The van der Waals surface area contributed by atoms with Crippen LogP contribution in [0.5, 0.6) is 0 Å². The Labute approximate surface area is 119 Å². The fraction of sp³-hybridized carbons (Fsp3) is 0.867. The van der Waals surface area contributed by atoms with E-state index in [0.29, 0.717) is 18.3 Å². The molecule has 112 valence electrons. The van der Waals surface area contributed by atoms with Crippen LogP contribution in [0.25, 0.3) is 0 Å². The molecule has 2 saturated carbocycles. The van der Waals surface area contributed by atoms with E-state index in [1.807, 2.05) is 0 Å². The third-order valence-electron chi connectivity index (χ3n) is 5.44. The lowest BCUT2D eigenvalue weighted by atomic mass is 9.84. The highest BCUT2D eigenvalue weighted by Crippen LogP contribution is 2.38. The molecule has 20 heavy (non-hydrogen) atoms. The van der Waals surface area contributed by atoms with Crippen LogP contribution in [0.1, 0.15) is 44.9 Å². The maximum Gasteiger partial charge on any atom is 0.308 e. The number of aliphatic carboxylic acids is 1. The molecule has 5 atom stereocenters. The number of carboxylic acid groups (broad SMARTS) is 1. The number of carbonyl (C=O) groups excluding carboxylic acids is 1. The van der Waals surface area contributed by atoms with E-state index in [2.05, 4.69) is 10.6 Å². The van der Waals surface area contributed by atoms with Gasteiger partial charge >= 0.3 is 5.97 Å². The summed E-state index contributed by atoms with van der Waals surface area (Å²) in [6.07, 6.45) is 7.02. The molecule has 1 aliphatic heterocycles. The first-order chi connectivity index (χ1) is 9.66. The largest absolute Gasteiger partial charge is 0.481 e. The summed E-state index contributed by atoms with van der Waals surface area (Å²) >= 11 is 0. The van der Waals surface area contributed by atoms with E-state index < -0.39 is 11.9 Å². The van der Waals surface area contributed by atoms with Gasteiger partial charge in [-0.25, -0.2) is 0 Å². The van der Waals surface area contributed by atoms with Crippen molar-refractivity contribution in [3.63, 3.8) is 0 Å². The van der Waals surface area contributed by atoms with Crippen LogP contribution in [-0.2, 0) is 9.59 Å². The van der Waals surface area contributed by atoms with E-state index in [0.717, 1.165) is 32.2 Å². The van der Waals surface area contributed by atoms with Gasteiger partial charge < -0.3 is 15.7 Å². The Hall–Kier alpha value is -1.10. The molecule has 3 N–H and O–H groups in total. The second kappa shape index (κ2) is 5.72. The number of nitrogens with one attached hydrogen (secondary N) is 2. The van der Waals surface area contributed by atoms with Crippen molar-refractivity contribution in [1.82, 2.24) is 10.6 Å². The Morgan fingerprint density at radius 2 is 1.85 bits per heavy atom. The third-order valence-corrected chi connectivity index (χ3v) is 5.44. The number of hydrogen-bond acceptors (Lipinski definition) is 3. The second-order valence-electron chi connectivity index (χ2n) is 6.59. The molecule has 0 bridgehead atoms. The number of fused-ring (bicyclic) bond motifs is 1. The van der Waals surface area contributed by atoms with Crippen molar-refractivity contribution >= 4 is 11.9 Å². The van der Waals surface area contributed by atoms with Crippen LogP contribution in [0, 0.1) is 17.8 Å². The number of carboxylic acids is 1. The molecule has 5 unspecified atom stereocenters. The molecule has 3 aliphatic rings. The zero-order valence-corrected chi connectivity index (χ0v) is 11.8. The van der Waals surface area contributed by atoms with Crippen molar-refractivity contribution in [3.05, 3.63) is 0 Å². The summed E-state index contributed by atoms with van der Waals surface area (Å²) in [5.74, 6) is -0.0478. The summed E-state index contributed by atoms with van der Waals surface area (Å²) in [5.41, 5.74) is 0. The number of carbonyl (C=O) groups is 2. The molecule has 0 aromatic heterocycles. The van der Waals surface area contributed by atoms with Gasteiger partial charge in [0.1, 0.15) is 0 Å². The maximum atomic E-state index is 12.5. The summed E-state index contributed by atoms with van der Waals surface area (Å²) in [7, 11) is 0. The first-order valence-corrected chi connectivity index (χ1v) is 7.93. The zero-order valence-electron chi connectivity index (χ0n) is 11.8. The van der Waals surface area contributed by atoms with E-state index >= 15 is 0 Å². The van der Waals surface area contributed by atoms with Crippen molar-refractivity contribution in [2.24, 2.45) is 17.8 Å². The predicted octanol–water partition coefficient (Wildman–Crippen LogP) is 1.13. The van der Waals surface area contributed by atoms with Gasteiger partial charge in [-0.1, -0.05) is 19.3 Å². The topological polar surface area (TPSA) is 78.4 Å². The lowest BCUT2D eigenvalue weighted by molar-refractivity contribution is -0.144. The third kappa shape index (κ3) is 2.55. The van der Waals surface area contributed by atoms with Crippen LogP contribution in [0.15, 0.2) is 0 Å². The van der Waals surface area contributed by atoms with Gasteiger partial charge in [0.15, 0.2) is 0 Å². The fourth-order valence-corrected chi connectivity index (χ4v) is 4.35. The van der Waals surface area contributed by atoms with Crippen molar-refractivity contribution in [3.8, 4) is 0 Å². The second-order valence-corrected chi connectivity index (χ2v) is 6.59. The van der Waals surface area contributed by atoms with Crippen LogP contribution in [-0.4, -0.2) is 35.6 Å². The normalized spacial score (nSPS) is 40.3. The molecule has 3 fully saturated rings. The molecule has 0 aromatic rings. The van der Waals surface area contributed by atoms with Gasteiger partial charge in [-0.3, -0.25) is 9.59 Å². The molecule has 1 saturated heterocycles. The van der Waals surface area contributed by atoms with Gasteiger partial charge in [0, 0.05) is 6.04 Å². The minimum Gasteiger partial charge on any atom is -0.481 e. The monoisotopic (exact) mass is 280 g/mol. The molecule has 0 radical (unpaired) electrons. The molecule has 1 amide bonds. The van der Waals surface area contributed by atoms with Crippen molar-refractivity contribution in [2.45, 2.75) is 57.0 Å². The molecule has 5 heteroatoms. The van der Waals surface area contributed by atoms with Crippen LogP contribution in [0.3, 0.4) is 0 Å². The Balaban J connectivity index is 1.61. The number of amides is 1. The summed E-state index contributed by atoms with van der Waals surface area (Å²) in [5, 5.41) is 15.6. The van der Waals surface area contributed by atoms with Crippen LogP contribution < -0.4 is 10.6 Å². The quantitative estimate of drug-likeness (QED) is 0.724. The van der Waals surface area contributed by atoms with Crippen molar-refractivity contribution < 1.29 is 14.7 Å². The number of hydrogen-bond donors (Lipinski definition) is 3. The van der Waals surface area contributed by atoms with E-state index in [1.165, 1.54) is 12.8 Å². The molecule has 5 nitrogen and oxygen atoms in total. The molecule has 3 rings (SSSR count). The van der Waals surface area contributed by atoms with E-state index in [-0.39, 0.29) is 18.0 Å². The Bertz CT molecular complexity index is 399. The zero-order chi connectivity index (χ0) is 14.1. The average Bonchev–Trinajstić information content (AvgIpc) is 3.01. The fourth-order valence-electron chi connectivity index (χ4n) is 4.35. The lowest BCUT2D eigenvalue weighted by Gasteiger charge is -2.31. The summed E-state index contributed by atoms with van der Waals surface area (Å²) in [4.78, 5) is 23.7. The van der Waals surface area contributed by atoms with Gasteiger partial charge in [0.25, 0.3) is 0 Å². The molecule has 1 heterocycles. The minimum atomic E-state index is -0.770. The molecular weight excluding hydrogens is 256 g/mol. The smallest absolute Gasteiger partial charge is 0.308 e. The highest BCUT2D eigenvalue weighted by Gasteiger charge is 2.43. The van der Waals surface area contributed by atoms with Crippen molar-refractivity contribution in [2.75, 3.05) is 6.54 Å². The van der Waals surface area contributed by atoms with Crippen LogP contribution in [0.2, 0.25) is 0 Å². The summed E-state index contributed by atoms with van der Waals surface area (Å²) in [6, 6.07) is -0.283. The van der Waals surface area contributed by atoms with Gasteiger partial charge in [0.2, 0.25) is 5.91 Å². The standard InChI is InChI=1S/C15H24N2O3/c18-14(13-10-6-3-4-9(10)8-16-13)17-12-7-2-1-5-11(12)15(19)20/h9-13,16H,1-8H2,(H,17,18)(H,19,20). The van der Waals surface area contributed by atoms with E-state index in [9.17, 15) is 14.7 Å². The van der Waals surface area contributed by atoms with Gasteiger partial charge in [-0.15, -0.1) is 0 Å². The predicted molar refractivity (Wildman–Crippen MR) is 74.1 cm³/mol. The van der Waals surface area contributed by atoms with Gasteiger partial charge in [0.05, 0.1) is 12.0 Å². The maximum absolute atomic E-state index is 12.5.